The van der Waals surface area contributed by atoms with E-state index in [4.69, 9.17) is 5.14 Å². The maximum atomic E-state index is 12.2. The average Bonchev–Trinajstić information content (AvgIpc) is 2.01. The minimum absolute atomic E-state index is 0.157. The van der Waals surface area contributed by atoms with E-state index < -0.39 is 27.0 Å². The Morgan fingerprint density at radius 2 is 2.00 bits per heavy atom. The summed E-state index contributed by atoms with van der Waals surface area (Å²) >= 11 is 1.64. The van der Waals surface area contributed by atoms with Gasteiger partial charge < -0.3 is 0 Å². The lowest BCUT2D eigenvalue weighted by Gasteiger charge is -2.03. The molecular weight excluding hydrogens is 329 g/mol. The molecule has 0 amide bonds. The van der Waals surface area contributed by atoms with Crippen LogP contribution in [0.4, 0.5) is 8.78 Å². The molecule has 2 N–H and O–H groups in total. The number of alkyl halides is 2. The van der Waals surface area contributed by atoms with Crippen LogP contribution in [0.2, 0.25) is 0 Å². The van der Waals surface area contributed by atoms with Crippen LogP contribution in [0, 0.1) is 3.70 Å². The third-order valence-electron chi connectivity index (χ3n) is 1.34. The highest BCUT2D eigenvalue weighted by atomic mass is 127. The Morgan fingerprint density at radius 1 is 1.43 bits per heavy atom. The lowest BCUT2D eigenvalue weighted by atomic mass is 10.3. The maximum Gasteiger partial charge on any atom is 0.264 e. The van der Waals surface area contributed by atoms with Crippen LogP contribution in [-0.2, 0) is 10.0 Å². The standard InChI is InChI=1S/C6H5F2IN2O2S/c7-6(8)3-1-4(9)11-5(2-3)14(10,12)13/h1-2,6H,(H2,10,12,13). The van der Waals surface area contributed by atoms with Gasteiger partial charge in [-0.3, -0.25) is 0 Å². The van der Waals surface area contributed by atoms with E-state index in [1.165, 1.54) is 0 Å². The fourth-order valence-electron chi connectivity index (χ4n) is 0.763. The minimum atomic E-state index is -4.03. The van der Waals surface area contributed by atoms with E-state index in [0.29, 0.717) is 0 Å². The first kappa shape index (κ1) is 11.7. The molecule has 1 heterocycles. The minimum Gasteiger partial charge on any atom is -0.229 e. The summed E-state index contributed by atoms with van der Waals surface area (Å²) in [5.74, 6) is 0. The van der Waals surface area contributed by atoms with E-state index in [9.17, 15) is 17.2 Å². The van der Waals surface area contributed by atoms with Crippen LogP contribution >= 0.6 is 22.6 Å². The van der Waals surface area contributed by atoms with Crippen molar-refractivity contribution in [2.45, 2.75) is 11.5 Å². The number of hydrogen-bond acceptors (Lipinski definition) is 3. The molecule has 1 aromatic heterocycles. The van der Waals surface area contributed by atoms with Crippen molar-refractivity contribution in [3.63, 3.8) is 0 Å². The molecule has 0 aromatic carbocycles. The summed E-state index contributed by atoms with van der Waals surface area (Å²) < 4.78 is 46.3. The second kappa shape index (κ2) is 4.03. The average molecular weight is 334 g/mol. The Morgan fingerprint density at radius 3 is 2.43 bits per heavy atom. The number of aromatic nitrogens is 1. The Hall–Kier alpha value is -0.350. The quantitative estimate of drug-likeness (QED) is 0.654. The predicted molar refractivity (Wildman–Crippen MR) is 53.3 cm³/mol. The number of nitrogens with zero attached hydrogens (tertiary/aromatic N) is 1. The molecule has 0 aliphatic rings. The molecule has 0 radical (unpaired) electrons. The van der Waals surface area contributed by atoms with Gasteiger partial charge in [0.05, 0.1) is 0 Å². The van der Waals surface area contributed by atoms with Crippen LogP contribution in [0.3, 0.4) is 0 Å². The van der Waals surface area contributed by atoms with Gasteiger partial charge in [0, 0.05) is 5.56 Å². The van der Waals surface area contributed by atoms with Crippen molar-refractivity contribution in [3.05, 3.63) is 21.4 Å². The highest BCUT2D eigenvalue weighted by molar-refractivity contribution is 14.1. The van der Waals surface area contributed by atoms with E-state index in [0.717, 1.165) is 12.1 Å². The van der Waals surface area contributed by atoms with Crippen molar-refractivity contribution >= 4 is 32.6 Å². The normalized spacial score (nSPS) is 12.1. The van der Waals surface area contributed by atoms with Crippen molar-refractivity contribution in [2.75, 3.05) is 0 Å². The van der Waals surface area contributed by atoms with Gasteiger partial charge in [0.2, 0.25) is 0 Å². The van der Waals surface area contributed by atoms with E-state index in [1.54, 1.807) is 22.6 Å². The number of pyridine rings is 1. The van der Waals surface area contributed by atoms with E-state index in [-0.39, 0.29) is 3.70 Å². The zero-order valence-electron chi connectivity index (χ0n) is 6.62. The molecule has 0 saturated heterocycles. The smallest absolute Gasteiger partial charge is 0.229 e. The van der Waals surface area contributed by atoms with Crippen molar-refractivity contribution in [1.29, 1.82) is 0 Å². The Bertz CT molecular complexity index is 449. The largest absolute Gasteiger partial charge is 0.264 e. The van der Waals surface area contributed by atoms with Gasteiger partial charge in [0.25, 0.3) is 16.4 Å². The fourth-order valence-corrected chi connectivity index (χ4v) is 2.07. The summed E-state index contributed by atoms with van der Waals surface area (Å²) in [7, 11) is -4.03. The molecule has 4 nitrogen and oxygen atoms in total. The van der Waals surface area contributed by atoms with Gasteiger partial charge in [0.15, 0.2) is 5.03 Å². The third-order valence-corrected chi connectivity index (χ3v) is 2.68. The van der Waals surface area contributed by atoms with Crippen molar-refractivity contribution < 1.29 is 17.2 Å². The van der Waals surface area contributed by atoms with Crippen LogP contribution < -0.4 is 5.14 Å². The maximum absolute atomic E-state index is 12.2. The molecule has 0 fully saturated rings. The molecule has 8 heteroatoms. The molecule has 0 aliphatic carbocycles. The number of nitrogens with two attached hydrogens (primary N) is 1. The second-order valence-electron chi connectivity index (χ2n) is 2.41. The molecule has 0 spiro atoms. The van der Waals surface area contributed by atoms with Gasteiger partial charge in [0.1, 0.15) is 3.70 Å². The molecule has 0 aliphatic heterocycles. The first-order valence-corrected chi connectivity index (χ1v) is 5.91. The molecule has 0 unspecified atom stereocenters. The lowest BCUT2D eigenvalue weighted by Crippen LogP contribution is -2.15. The third kappa shape index (κ3) is 2.82. The molecular formula is C6H5F2IN2O2S. The molecule has 0 saturated carbocycles. The number of primary sulfonamides is 1. The fraction of sp³-hybridized carbons (Fsp3) is 0.167. The summed E-state index contributed by atoms with van der Waals surface area (Å²) in [6.07, 6.45) is -2.74. The van der Waals surface area contributed by atoms with Gasteiger partial charge in [-0.1, -0.05) is 0 Å². The molecule has 78 valence electrons. The molecule has 1 rings (SSSR count). The summed E-state index contributed by atoms with van der Waals surface area (Å²) in [6.45, 7) is 0. The number of hydrogen-bond donors (Lipinski definition) is 1. The van der Waals surface area contributed by atoms with Crippen LogP contribution in [-0.4, -0.2) is 13.4 Å². The number of rotatable bonds is 2. The van der Waals surface area contributed by atoms with Gasteiger partial charge in [-0.25, -0.2) is 27.3 Å². The molecule has 0 atom stereocenters. The first-order chi connectivity index (χ1) is 6.30. The van der Waals surface area contributed by atoms with Crippen LogP contribution in [0.15, 0.2) is 17.2 Å². The zero-order chi connectivity index (χ0) is 10.9. The topological polar surface area (TPSA) is 73.1 Å². The van der Waals surface area contributed by atoms with Crippen molar-refractivity contribution in [3.8, 4) is 0 Å². The second-order valence-corrected chi connectivity index (χ2v) is 5.02. The monoisotopic (exact) mass is 334 g/mol. The first-order valence-electron chi connectivity index (χ1n) is 3.29. The molecule has 0 bridgehead atoms. The Kier molecular flexibility index (Phi) is 3.37. The summed E-state index contributed by atoms with van der Waals surface area (Å²) in [6, 6.07) is 1.86. The van der Waals surface area contributed by atoms with Crippen LogP contribution in [0.5, 0.6) is 0 Å². The number of halogens is 3. The predicted octanol–water partition coefficient (Wildman–Crippen LogP) is 1.27. The highest BCUT2D eigenvalue weighted by Gasteiger charge is 2.16. The summed E-state index contributed by atoms with van der Waals surface area (Å²) in [5, 5.41) is 4.21. The van der Waals surface area contributed by atoms with E-state index in [2.05, 4.69) is 4.98 Å². The Labute approximate surface area is 92.7 Å². The lowest BCUT2D eigenvalue weighted by molar-refractivity contribution is 0.151. The summed E-state index contributed by atoms with van der Waals surface area (Å²) in [5.41, 5.74) is -0.409. The van der Waals surface area contributed by atoms with Crippen molar-refractivity contribution in [2.24, 2.45) is 5.14 Å². The van der Waals surface area contributed by atoms with Gasteiger partial charge in [-0.05, 0) is 34.7 Å². The van der Waals surface area contributed by atoms with Gasteiger partial charge in [-0.15, -0.1) is 0 Å². The zero-order valence-corrected chi connectivity index (χ0v) is 9.59. The number of sulfonamides is 1. The highest BCUT2D eigenvalue weighted by Crippen LogP contribution is 2.21. The SMILES string of the molecule is NS(=O)(=O)c1cc(C(F)F)cc(I)n1. The van der Waals surface area contributed by atoms with Crippen LogP contribution in [0.25, 0.3) is 0 Å². The molecule has 14 heavy (non-hydrogen) atoms. The van der Waals surface area contributed by atoms with Gasteiger partial charge >= 0.3 is 0 Å². The Balaban J connectivity index is 3.35. The van der Waals surface area contributed by atoms with E-state index in [1.807, 2.05) is 0 Å². The molecule has 1 aromatic rings. The van der Waals surface area contributed by atoms with Gasteiger partial charge in [-0.2, -0.15) is 0 Å². The van der Waals surface area contributed by atoms with Crippen LogP contribution in [0.1, 0.15) is 12.0 Å². The van der Waals surface area contributed by atoms with Crippen molar-refractivity contribution in [1.82, 2.24) is 4.98 Å². The summed E-state index contributed by atoms with van der Waals surface area (Å²) in [4.78, 5) is 3.53. The van der Waals surface area contributed by atoms with E-state index >= 15 is 0 Å².